The van der Waals surface area contributed by atoms with E-state index in [4.69, 9.17) is 11.6 Å². The lowest BCUT2D eigenvalue weighted by Crippen LogP contribution is -2.06. The van der Waals surface area contributed by atoms with Crippen molar-refractivity contribution in [1.29, 1.82) is 0 Å². The molecule has 0 saturated heterocycles. The van der Waals surface area contributed by atoms with Crippen LogP contribution in [-0.2, 0) is 12.1 Å². The quantitative estimate of drug-likeness (QED) is 0.597. The van der Waals surface area contributed by atoms with Gasteiger partial charge in [0.25, 0.3) is 0 Å². The second-order valence-electron chi connectivity index (χ2n) is 4.11. The minimum atomic E-state index is -4.56. The van der Waals surface area contributed by atoms with Gasteiger partial charge < -0.3 is 5.32 Å². The summed E-state index contributed by atoms with van der Waals surface area (Å²) in [6.45, 7) is 0. The van der Waals surface area contributed by atoms with Crippen molar-refractivity contribution in [3.05, 3.63) is 59.4 Å². The molecule has 2 rings (SSSR count). The SMILES string of the molecule is Fc1cc(C(F)(F)F)ccc1Nc1ccccc1CCl. The van der Waals surface area contributed by atoms with Crippen molar-refractivity contribution in [3.8, 4) is 0 Å². The standard InChI is InChI=1S/C14H10ClF4N/c15-8-9-3-1-2-4-12(9)20-13-6-5-10(7-11(13)16)14(17,18)19/h1-7,20H,8H2. The average molecular weight is 304 g/mol. The molecule has 2 aromatic carbocycles. The van der Waals surface area contributed by atoms with Gasteiger partial charge in [-0.05, 0) is 29.8 Å². The molecule has 0 spiro atoms. The summed E-state index contributed by atoms with van der Waals surface area (Å²) in [7, 11) is 0. The monoisotopic (exact) mass is 303 g/mol. The fraction of sp³-hybridized carbons (Fsp3) is 0.143. The van der Waals surface area contributed by atoms with E-state index in [9.17, 15) is 17.6 Å². The van der Waals surface area contributed by atoms with Crippen molar-refractivity contribution in [3.63, 3.8) is 0 Å². The van der Waals surface area contributed by atoms with Crippen molar-refractivity contribution in [2.24, 2.45) is 0 Å². The molecule has 106 valence electrons. The van der Waals surface area contributed by atoms with Crippen LogP contribution in [0.25, 0.3) is 0 Å². The molecule has 0 atom stereocenters. The first-order valence-electron chi connectivity index (χ1n) is 5.69. The highest BCUT2D eigenvalue weighted by atomic mass is 35.5. The number of rotatable bonds is 3. The Labute approximate surface area is 118 Å². The van der Waals surface area contributed by atoms with E-state index in [0.29, 0.717) is 11.8 Å². The van der Waals surface area contributed by atoms with Gasteiger partial charge in [-0.1, -0.05) is 18.2 Å². The molecule has 0 aliphatic rings. The Hall–Kier alpha value is -1.75. The van der Waals surface area contributed by atoms with E-state index < -0.39 is 17.6 Å². The first-order valence-corrected chi connectivity index (χ1v) is 6.23. The van der Waals surface area contributed by atoms with Gasteiger partial charge in [-0.2, -0.15) is 13.2 Å². The van der Waals surface area contributed by atoms with Gasteiger partial charge in [0.2, 0.25) is 0 Å². The van der Waals surface area contributed by atoms with Crippen molar-refractivity contribution in [2.75, 3.05) is 5.32 Å². The molecule has 0 aliphatic heterocycles. The molecule has 0 radical (unpaired) electrons. The molecule has 0 amide bonds. The highest BCUT2D eigenvalue weighted by Crippen LogP contribution is 2.32. The first kappa shape index (κ1) is 14.7. The van der Waals surface area contributed by atoms with Crippen LogP contribution in [-0.4, -0.2) is 0 Å². The fourth-order valence-corrected chi connectivity index (χ4v) is 1.93. The van der Waals surface area contributed by atoms with Crippen LogP contribution in [0.5, 0.6) is 0 Å². The van der Waals surface area contributed by atoms with E-state index >= 15 is 0 Å². The Morgan fingerprint density at radius 1 is 1.00 bits per heavy atom. The predicted molar refractivity (Wildman–Crippen MR) is 70.7 cm³/mol. The topological polar surface area (TPSA) is 12.0 Å². The second-order valence-corrected chi connectivity index (χ2v) is 4.38. The van der Waals surface area contributed by atoms with Gasteiger partial charge in [0.05, 0.1) is 11.3 Å². The van der Waals surface area contributed by atoms with Gasteiger partial charge in [0, 0.05) is 11.6 Å². The number of halogens is 5. The summed E-state index contributed by atoms with van der Waals surface area (Å²) in [5, 5.41) is 2.74. The average Bonchev–Trinajstić information content (AvgIpc) is 2.40. The minimum Gasteiger partial charge on any atom is -0.353 e. The Bertz CT molecular complexity index is 610. The zero-order valence-corrected chi connectivity index (χ0v) is 10.9. The zero-order valence-electron chi connectivity index (χ0n) is 10.1. The van der Waals surface area contributed by atoms with Crippen LogP contribution in [0.4, 0.5) is 28.9 Å². The molecule has 0 saturated carbocycles. The number of anilines is 2. The number of hydrogen-bond donors (Lipinski definition) is 1. The number of para-hydroxylation sites is 1. The van der Waals surface area contributed by atoms with Gasteiger partial charge in [-0.25, -0.2) is 4.39 Å². The normalized spacial score (nSPS) is 11.4. The molecule has 0 heterocycles. The summed E-state index contributed by atoms with van der Waals surface area (Å²) >= 11 is 5.74. The maximum atomic E-state index is 13.7. The van der Waals surface area contributed by atoms with Crippen LogP contribution >= 0.6 is 11.6 Å². The van der Waals surface area contributed by atoms with Gasteiger partial charge >= 0.3 is 6.18 Å². The number of nitrogens with one attached hydrogen (secondary N) is 1. The number of hydrogen-bond acceptors (Lipinski definition) is 1. The lowest BCUT2D eigenvalue weighted by atomic mass is 10.1. The number of benzene rings is 2. The predicted octanol–water partition coefficient (Wildman–Crippen LogP) is 5.33. The zero-order chi connectivity index (χ0) is 14.8. The third-order valence-corrected chi connectivity index (χ3v) is 3.02. The highest BCUT2D eigenvalue weighted by molar-refractivity contribution is 6.17. The summed E-state index contributed by atoms with van der Waals surface area (Å²) in [6.07, 6.45) is -4.56. The molecule has 0 fully saturated rings. The Morgan fingerprint density at radius 3 is 2.30 bits per heavy atom. The van der Waals surface area contributed by atoms with Gasteiger partial charge in [0.15, 0.2) is 0 Å². The summed E-state index contributed by atoms with van der Waals surface area (Å²) in [4.78, 5) is 0. The molecule has 1 N–H and O–H groups in total. The lowest BCUT2D eigenvalue weighted by Gasteiger charge is -2.13. The van der Waals surface area contributed by atoms with Crippen LogP contribution in [0.1, 0.15) is 11.1 Å². The highest BCUT2D eigenvalue weighted by Gasteiger charge is 2.31. The van der Waals surface area contributed by atoms with Crippen molar-refractivity contribution in [1.82, 2.24) is 0 Å². The summed E-state index contributed by atoms with van der Waals surface area (Å²) in [5.41, 5.74) is 0.233. The van der Waals surface area contributed by atoms with E-state index in [2.05, 4.69) is 5.32 Å². The van der Waals surface area contributed by atoms with Crippen LogP contribution < -0.4 is 5.32 Å². The van der Waals surface area contributed by atoms with Crippen molar-refractivity contribution >= 4 is 23.0 Å². The Morgan fingerprint density at radius 2 is 1.70 bits per heavy atom. The van der Waals surface area contributed by atoms with Gasteiger partial charge in [0.1, 0.15) is 5.82 Å². The summed E-state index contributed by atoms with van der Waals surface area (Å²) in [5.74, 6) is -0.755. The van der Waals surface area contributed by atoms with E-state index in [-0.39, 0.29) is 11.6 Å². The Kier molecular flexibility index (Phi) is 4.18. The molecular formula is C14H10ClF4N. The smallest absolute Gasteiger partial charge is 0.353 e. The van der Waals surface area contributed by atoms with Gasteiger partial charge in [-0.15, -0.1) is 11.6 Å². The third-order valence-electron chi connectivity index (χ3n) is 2.73. The number of alkyl halides is 4. The molecule has 0 bridgehead atoms. The minimum absolute atomic E-state index is 0.0319. The van der Waals surface area contributed by atoms with Crippen LogP contribution in [0.15, 0.2) is 42.5 Å². The van der Waals surface area contributed by atoms with Crippen molar-refractivity contribution < 1.29 is 17.6 Å². The maximum Gasteiger partial charge on any atom is 0.416 e. The molecule has 0 aliphatic carbocycles. The van der Waals surface area contributed by atoms with E-state index in [0.717, 1.165) is 17.7 Å². The molecule has 0 unspecified atom stereocenters. The third kappa shape index (κ3) is 3.22. The van der Waals surface area contributed by atoms with Crippen LogP contribution in [0.2, 0.25) is 0 Å². The largest absolute Gasteiger partial charge is 0.416 e. The first-order chi connectivity index (χ1) is 9.41. The molecule has 1 nitrogen and oxygen atoms in total. The molecular weight excluding hydrogens is 294 g/mol. The lowest BCUT2D eigenvalue weighted by molar-refractivity contribution is -0.137. The van der Waals surface area contributed by atoms with Crippen LogP contribution in [0, 0.1) is 5.82 Å². The van der Waals surface area contributed by atoms with Crippen LogP contribution in [0.3, 0.4) is 0 Å². The summed E-state index contributed by atoms with van der Waals surface area (Å²) < 4.78 is 51.0. The molecule has 6 heteroatoms. The van der Waals surface area contributed by atoms with E-state index in [1.165, 1.54) is 0 Å². The fourth-order valence-electron chi connectivity index (χ4n) is 1.70. The Balaban J connectivity index is 2.31. The van der Waals surface area contributed by atoms with Gasteiger partial charge in [-0.3, -0.25) is 0 Å². The molecule has 2 aromatic rings. The molecule has 20 heavy (non-hydrogen) atoms. The van der Waals surface area contributed by atoms with Crippen molar-refractivity contribution in [2.45, 2.75) is 12.1 Å². The summed E-state index contributed by atoms with van der Waals surface area (Å²) in [6, 6.07) is 9.27. The van der Waals surface area contributed by atoms with E-state index in [1.54, 1.807) is 24.3 Å². The second kappa shape index (κ2) is 5.71. The maximum absolute atomic E-state index is 13.7. The van der Waals surface area contributed by atoms with E-state index in [1.807, 2.05) is 0 Å². The molecule has 0 aromatic heterocycles.